The van der Waals surface area contributed by atoms with Crippen molar-refractivity contribution in [1.82, 2.24) is 15.0 Å². The van der Waals surface area contributed by atoms with Crippen LogP contribution in [0.2, 0.25) is 0 Å². The number of rotatable bonds is 6. The van der Waals surface area contributed by atoms with Gasteiger partial charge in [0.25, 0.3) is 0 Å². The van der Waals surface area contributed by atoms with Gasteiger partial charge in [-0.15, -0.1) is 0 Å². The fourth-order valence-corrected chi connectivity index (χ4v) is 5.22. The minimum Gasteiger partial charge on any atom is -0.475 e. The third-order valence-corrected chi connectivity index (χ3v) is 7.58. The first-order chi connectivity index (χ1) is 21.2. The minimum atomic E-state index is -0.220. The van der Waals surface area contributed by atoms with E-state index >= 15 is 0 Å². The molecule has 0 unspecified atom stereocenters. The minimum absolute atomic E-state index is 0.220. The van der Waals surface area contributed by atoms with Crippen molar-refractivity contribution in [3.05, 3.63) is 114 Å². The van der Waals surface area contributed by atoms with Crippen molar-refractivity contribution in [2.75, 3.05) is 13.2 Å². The third-order valence-electron chi connectivity index (χ3n) is 7.58. The van der Waals surface area contributed by atoms with Gasteiger partial charge in [-0.1, -0.05) is 72.8 Å². The zero-order valence-electron chi connectivity index (χ0n) is 25.3. The number of aliphatic imine (C=N–C) groups is 2. The van der Waals surface area contributed by atoms with Crippen LogP contribution in [-0.4, -0.2) is 51.0 Å². The Bertz CT molecular complexity index is 1800. The average Bonchev–Trinajstić information content (AvgIpc) is 3.61. The van der Waals surface area contributed by atoms with Crippen LogP contribution in [0.5, 0.6) is 0 Å². The Morgan fingerprint density at radius 3 is 1.30 bits per heavy atom. The summed E-state index contributed by atoms with van der Waals surface area (Å²) in [5.74, 6) is 3.11. The molecule has 0 bridgehead atoms. The van der Waals surface area contributed by atoms with E-state index in [1.807, 2.05) is 78.9 Å². The van der Waals surface area contributed by atoms with E-state index in [0.717, 1.165) is 38.9 Å². The van der Waals surface area contributed by atoms with Gasteiger partial charge < -0.3 is 9.47 Å². The van der Waals surface area contributed by atoms with Crippen molar-refractivity contribution in [3.63, 3.8) is 0 Å². The van der Waals surface area contributed by atoms with Crippen molar-refractivity contribution in [2.24, 2.45) is 9.98 Å². The molecule has 0 spiro atoms. The summed E-state index contributed by atoms with van der Waals surface area (Å²) in [6.07, 6.45) is 0. The SMILES string of the molecule is CC1(C)COC(c2ccc(-c3nc(-c4ccc(C5=NC(C)(C)CO5)cc4)nc(-c4cccc(-c5ccccc5)c4)n3)cc2)=N1. The number of benzene rings is 4. The second-order valence-electron chi connectivity index (χ2n) is 12.4. The Kier molecular flexibility index (Phi) is 6.81. The van der Waals surface area contributed by atoms with Gasteiger partial charge in [0.15, 0.2) is 17.5 Å². The van der Waals surface area contributed by atoms with Gasteiger partial charge in [-0.05, 0) is 69.2 Å². The molecule has 7 nitrogen and oxygen atoms in total. The van der Waals surface area contributed by atoms with E-state index in [4.69, 9.17) is 34.4 Å². The van der Waals surface area contributed by atoms with Crippen molar-refractivity contribution in [1.29, 1.82) is 0 Å². The van der Waals surface area contributed by atoms with Crippen molar-refractivity contribution in [3.8, 4) is 45.3 Å². The number of hydrogen-bond acceptors (Lipinski definition) is 7. The number of aromatic nitrogens is 3. The van der Waals surface area contributed by atoms with Crippen LogP contribution in [0.1, 0.15) is 38.8 Å². The average molecular weight is 580 g/mol. The van der Waals surface area contributed by atoms with Gasteiger partial charge in [0.05, 0.1) is 11.1 Å². The van der Waals surface area contributed by atoms with Crippen LogP contribution >= 0.6 is 0 Å². The fraction of sp³-hybridized carbons (Fsp3) is 0.216. The first kappa shape index (κ1) is 27.7. The molecule has 1 aromatic heterocycles. The van der Waals surface area contributed by atoms with Crippen LogP contribution in [0.4, 0.5) is 0 Å². The molecule has 0 N–H and O–H groups in total. The van der Waals surface area contributed by atoms with Gasteiger partial charge in [-0.25, -0.2) is 24.9 Å². The Morgan fingerprint density at radius 2 is 0.841 bits per heavy atom. The topological polar surface area (TPSA) is 81.9 Å². The van der Waals surface area contributed by atoms with Gasteiger partial charge in [0, 0.05) is 27.8 Å². The summed E-state index contributed by atoms with van der Waals surface area (Å²) < 4.78 is 11.7. The molecule has 0 fully saturated rings. The zero-order valence-corrected chi connectivity index (χ0v) is 25.3. The highest BCUT2D eigenvalue weighted by atomic mass is 16.5. The Balaban J connectivity index is 1.29. The van der Waals surface area contributed by atoms with Crippen LogP contribution < -0.4 is 0 Å². The van der Waals surface area contributed by atoms with Crippen LogP contribution in [-0.2, 0) is 9.47 Å². The van der Waals surface area contributed by atoms with Crippen LogP contribution in [0.25, 0.3) is 45.3 Å². The monoisotopic (exact) mass is 579 g/mol. The molecule has 2 aliphatic rings. The van der Waals surface area contributed by atoms with Crippen molar-refractivity contribution >= 4 is 11.8 Å². The summed E-state index contributed by atoms with van der Waals surface area (Å²) in [6, 6.07) is 34.7. The normalized spacial score (nSPS) is 16.5. The summed E-state index contributed by atoms with van der Waals surface area (Å²) >= 11 is 0. The first-order valence-electron chi connectivity index (χ1n) is 14.8. The largest absolute Gasteiger partial charge is 0.475 e. The first-order valence-corrected chi connectivity index (χ1v) is 14.8. The summed E-state index contributed by atoms with van der Waals surface area (Å²) in [5, 5.41) is 0. The Morgan fingerprint density at radius 1 is 0.432 bits per heavy atom. The molecule has 2 aliphatic heterocycles. The molecular formula is C37H33N5O2. The Labute approximate surface area is 257 Å². The highest BCUT2D eigenvalue weighted by Gasteiger charge is 2.28. The lowest BCUT2D eigenvalue weighted by molar-refractivity contribution is 0.279. The van der Waals surface area contributed by atoms with Gasteiger partial charge in [-0.3, -0.25) is 0 Å². The molecule has 4 aromatic carbocycles. The zero-order chi connectivity index (χ0) is 30.3. The van der Waals surface area contributed by atoms with Gasteiger partial charge >= 0.3 is 0 Å². The molecule has 0 radical (unpaired) electrons. The predicted octanol–water partition coefficient (Wildman–Crippen LogP) is 7.65. The molecule has 5 aromatic rings. The lowest BCUT2D eigenvalue weighted by atomic mass is 10.0. The maximum Gasteiger partial charge on any atom is 0.216 e. The van der Waals surface area contributed by atoms with Crippen LogP contribution in [0, 0.1) is 0 Å². The molecule has 7 heteroatoms. The molecule has 0 atom stereocenters. The van der Waals surface area contributed by atoms with E-state index in [1.54, 1.807) is 0 Å². The highest BCUT2D eigenvalue weighted by Crippen LogP contribution is 2.29. The van der Waals surface area contributed by atoms with Crippen LogP contribution in [0.15, 0.2) is 113 Å². The Hall–Kier alpha value is -5.17. The maximum absolute atomic E-state index is 5.85. The second kappa shape index (κ2) is 10.8. The van der Waals surface area contributed by atoms with E-state index < -0.39 is 0 Å². The molecular weight excluding hydrogens is 546 g/mol. The fourth-order valence-electron chi connectivity index (χ4n) is 5.22. The quantitative estimate of drug-likeness (QED) is 0.206. The predicted molar refractivity (Wildman–Crippen MR) is 175 cm³/mol. The summed E-state index contributed by atoms with van der Waals surface area (Å²) in [4.78, 5) is 24.3. The second-order valence-corrected chi connectivity index (χ2v) is 12.4. The molecule has 0 aliphatic carbocycles. The third kappa shape index (κ3) is 5.73. The standard InChI is InChI=1S/C37H33N5O2/c1-36(2)22-43-34(41-36)27-17-13-25(14-18-27)31-38-32(26-15-19-28(20-16-26)35-42-37(3,4)23-44-35)40-33(39-31)30-12-8-11-29(21-30)24-9-6-5-7-10-24/h5-21H,22-23H2,1-4H3. The van der Waals surface area contributed by atoms with Crippen molar-refractivity contribution < 1.29 is 9.47 Å². The van der Waals surface area contributed by atoms with Gasteiger partial charge in [-0.2, -0.15) is 0 Å². The molecule has 44 heavy (non-hydrogen) atoms. The van der Waals surface area contributed by atoms with Gasteiger partial charge in [0.2, 0.25) is 11.8 Å². The number of nitrogens with zero attached hydrogens (tertiary/aromatic N) is 5. The maximum atomic E-state index is 5.85. The molecule has 0 amide bonds. The highest BCUT2D eigenvalue weighted by molar-refractivity contribution is 5.96. The molecule has 3 heterocycles. The molecule has 0 saturated heterocycles. The lowest BCUT2D eigenvalue weighted by Crippen LogP contribution is -2.17. The van der Waals surface area contributed by atoms with E-state index in [0.29, 0.717) is 42.5 Å². The van der Waals surface area contributed by atoms with E-state index in [-0.39, 0.29) is 11.1 Å². The van der Waals surface area contributed by atoms with E-state index in [2.05, 4.69) is 52.0 Å². The summed E-state index contributed by atoms with van der Waals surface area (Å²) in [7, 11) is 0. The van der Waals surface area contributed by atoms with Gasteiger partial charge in [0.1, 0.15) is 13.2 Å². The molecule has 218 valence electrons. The number of hydrogen-bond donors (Lipinski definition) is 0. The van der Waals surface area contributed by atoms with Crippen LogP contribution in [0.3, 0.4) is 0 Å². The van der Waals surface area contributed by atoms with E-state index in [1.165, 1.54) is 0 Å². The lowest BCUT2D eigenvalue weighted by Gasteiger charge is -2.10. The smallest absolute Gasteiger partial charge is 0.216 e. The number of ether oxygens (including phenoxy) is 2. The summed E-state index contributed by atoms with van der Waals surface area (Å²) in [6.45, 7) is 9.41. The molecule has 0 saturated carbocycles. The van der Waals surface area contributed by atoms with Crippen molar-refractivity contribution in [2.45, 2.75) is 38.8 Å². The summed E-state index contributed by atoms with van der Waals surface area (Å²) in [5.41, 5.74) is 6.32. The van der Waals surface area contributed by atoms with E-state index in [9.17, 15) is 0 Å². The molecule has 7 rings (SSSR count).